The van der Waals surface area contributed by atoms with Crippen molar-refractivity contribution in [2.24, 2.45) is 0 Å². The van der Waals surface area contributed by atoms with E-state index in [1.54, 1.807) is 0 Å². The Balaban J connectivity index is 1.87. The van der Waals surface area contributed by atoms with Crippen molar-refractivity contribution in [2.75, 3.05) is 10.6 Å². The van der Waals surface area contributed by atoms with Crippen LogP contribution in [0.15, 0.2) is 61.2 Å². The molecule has 0 aliphatic carbocycles. The molecule has 0 aliphatic heterocycles. The normalized spacial score (nSPS) is 11.9. The summed E-state index contributed by atoms with van der Waals surface area (Å²) < 4.78 is 78.8. The molecule has 1 heterocycles. The van der Waals surface area contributed by atoms with Crippen LogP contribution in [0, 0.1) is 0 Å². The van der Waals surface area contributed by atoms with Gasteiger partial charge in [-0.25, -0.2) is 9.78 Å². The first kappa shape index (κ1) is 20.2. The molecule has 0 radical (unpaired) electrons. The molecular formula is C18H12F6N4O. The number of imidazole rings is 1. The Bertz CT molecular complexity index is 1010. The van der Waals surface area contributed by atoms with Crippen molar-refractivity contribution in [1.29, 1.82) is 0 Å². The Morgan fingerprint density at radius 3 is 2.21 bits per heavy atom. The smallest absolute Gasteiger partial charge is 0.308 e. The highest BCUT2D eigenvalue weighted by atomic mass is 19.4. The number of amides is 2. The van der Waals surface area contributed by atoms with Gasteiger partial charge >= 0.3 is 18.4 Å². The number of alkyl halides is 6. The highest BCUT2D eigenvalue weighted by Gasteiger charge is 2.32. The van der Waals surface area contributed by atoms with Crippen molar-refractivity contribution in [1.82, 2.24) is 9.55 Å². The minimum Gasteiger partial charge on any atom is -0.308 e. The first-order chi connectivity index (χ1) is 13.5. The molecule has 5 nitrogen and oxygen atoms in total. The molecule has 2 N–H and O–H groups in total. The highest BCUT2D eigenvalue weighted by Crippen LogP contribution is 2.34. The zero-order valence-electron chi connectivity index (χ0n) is 14.3. The van der Waals surface area contributed by atoms with Crippen LogP contribution < -0.4 is 10.6 Å². The van der Waals surface area contributed by atoms with Gasteiger partial charge in [-0.2, -0.15) is 26.3 Å². The molecule has 11 heteroatoms. The van der Waals surface area contributed by atoms with Crippen molar-refractivity contribution < 1.29 is 31.1 Å². The Kier molecular flexibility index (Phi) is 5.23. The molecule has 0 unspecified atom stereocenters. The van der Waals surface area contributed by atoms with Gasteiger partial charge in [0.25, 0.3) is 0 Å². The lowest BCUT2D eigenvalue weighted by atomic mass is 10.1. The number of rotatable bonds is 3. The van der Waals surface area contributed by atoms with E-state index < -0.39 is 29.5 Å². The van der Waals surface area contributed by atoms with Crippen molar-refractivity contribution in [3.63, 3.8) is 0 Å². The van der Waals surface area contributed by atoms with E-state index in [-0.39, 0.29) is 17.1 Å². The van der Waals surface area contributed by atoms with Crippen LogP contribution in [0.4, 0.5) is 42.5 Å². The fraction of sp³-hybridized carbons (Fsp3) is 0.111. The molecule has 29 heavy (non-hydrogen) atoms. The average Bonchev–Trinajstić information content (AvgIpc) is 3.14. The molecule has 0 fully saturated rings. The van der Waals surface area contributed by atoms with Gasteiger partial charge in [0.05, 0.1) is 28.8 Å². The number of nitrogens with one attached hydrogen (secondary N) is 2. The van der Waals surface area contributed by atoms with Crippen LogP contribution in [0.5, 0.6) is 0 Å². The molecule has 0 spiro atoms. The second-order valence-electron chi connectivity index (χ2n) is 5.86. The highest BCUT2D eigenvalue weighted by molar-refractivity contribution is 6.01. The summed E-state index contributed by atoms with van der Waals surface area (Å²) >= 11 is 0. The standard InChI is InChI=1S/C18H12F6N4O/c19-17(20,21)11-2-1-3-13(8-11)26-16(29)27-14-9-12(18(22,23)24)4-5-15(14)28-7-6-25-10-28/h1-10H,(H2,26,27,29). The summed E-state index contributed by atoms with van der Waals surface area (Å²) in [6.07, 6.45) is -5.09. The summed E-state index contributed by atoms with van der Waals surface area (Å²) in [5.74, 6) is 0. The monoisotopic (exact) mass is 414 g/mol. The van der Waals surface area contributed by atoms with Gasteiger partial charge < -0.3 is 15.2 Å². The van der Waals surface area contributed by atoms with Crippen LogP contribution in [-0.2, 0) is 12.4 Å². The predicted octanol–water partition coefficient (Wildman–Crippen LogP) is 5.55. The van der Waals surface area contributed by atoms with Crippen LogP contribution in [-0.4, -0.2) is 15.6 Å². The average molecular weight is 414 g/mol. The minimum absolute atomic E-state index is 0.173. The summed E-state index contributed by atoms with van der Waals surface area (Å²) in [6.45, 7) is 0. The number of anilines is 2. The fourth-order valence-electron chi connectivity index (χ4n) is 2.50. The van der Waals surface area contributed by atoms with E-state index in [4.69, 9.17) is 0 Å². The molecule has 0 aliphatic rings. The summed E-state index contributed by atoms with van der Waals surface area (Å²) in [5, 5.41) is 4.42. The Morgan fingerprint density at radius 2 is 1.59 bits per heavy atom. The number of hydrogen-bond acceptors (Lipinski definition) is 2. The number of urea groups is 1. The number of aromatic nitrogens is 2. The molecule has 2 amide bonds. The number of carbonyl (C=O) groups excluding carboxylic acids is 1. The Labute approximate surface area is 160 Å². The van der Waals surface area contributed by atoms with Gasteiger partial charge in [0.15, 0.2) is 0 Å². The van der Waals surface area contributed by atoms with Crippen LogP contribution >= 0.6 is 0 Å². The number of carbonyl (C=O) groups is 1. The van der Waals surface area contributed by atoms with Crippen LogP contribution in [0.25, 0.3) is 5.69 Å². The number of nitrogens with zero attached hydrogens (tertiary/aromatic N) is 2. The summed E-state index contributed by atoms with van der Waals surface area (Å²) in [4.78, 5) is 16.0. The third-order valence-electron chi connectivity index (χ3n) is 3.80. The second kappa shape index (κ2) is 7.49. The molecule has 0 bridgehead atoms. The third-order valence-corrected chi connectivity index (χ3v) is 3.80. The maximum absolute atomic E-state index is 13.0. The maximum atomic E-state index is 13.0. The quantitative estimate of drug-likeness (QED) is 0.552. The Morgan fingerprint density at radius 1 is 0.897 bits per heavy atom. The predicted molar refractivity (Wildman–Crippen MR) is 92.7 cm³/mol. The van der Waals surface area contributed by atoms with Gasteiger partial charge in [-0.3, -0.25) is 0 Å². The van der Waals surface area contributed by atoms with E-state index in [0.717, 1.165) is 30.3 Å². The third kappa shape index (κ3) is 4.86. The largest absolute Gasteiger partial charge is 0.416 e. The van der Waals surface area contributed by atoms with E-state index in [1.807, 2.05) is 0 Å². The van der Waals surface area contributed by atoms with Crippen LogP contribution in [0.1, 0.15) is 11.1 Å². The van der Waals surface area contributed by atoms with Crippen LogP contribution in [0.3, 0.4) is 0 Å². The molecule has 0 atom stereocenters. The fourth-order valence-corrected chi connectivity index (χ4v) is 2.50. The molecular weight excluding hydrogens is 402 g/mol. The number of hydrogen-bond donors (Lipinski definition) is 2. The molecule has 0 saturated heterocycles. The lowest BCUT2D eigenvalue weighted by Crippen LogP contribution is -2.21. The van der Waals surface area contributed by atoms with Gasteiger partial charge in [-0.15, -0.1) is 0 Å². The molecule has 2 aromatic carbocycles. The lowest BCUT2D eigenvalue weighted by molar-refractivity contribution is -0.138. The summed E-state index contributed by atoms with van der Waals surface area (Å²) in [6, 6.07) is 5.55. The molecule has 3 aromatic rings. The zero-order chi connectivity index (χ0) is 21.2. The van der Waals surface area contributed by atoms with E-state index >= 15 is 0 Å². The second-order valence-corrected chi connectivity index (χ2v) is 5.86. The SMILES string of the molecule is O=C(Nc1cccc(C(F)(F)F)c1)Nc1cc(C(F)(F)F)ccc1-n1ccnc1. The van der Waals surface area contributed by atoms with E-state index in [2.05, 4.69) is 15.6 Å². The first-order valence-electron chi connectivity index (χ1n) is 7.99. The molecule has 3 rings (SSSR count). The Hall–Kier alpha value is -3.50. The zero-order valence-corrected chi connectivity index (χ0v) is 14.3. The van der Waals surface area contributed by atoms with E-state index in [1.165, 1.54) is 29.4 Å². The topological polar surface area (TPSA) is 59.0 Å². The van der Waals surface area contributed by atoms with Crippen molar-refractivity contribution in [3.8, 4) is 5.69 Å². The van der Waals surface area contributed by atoms with Crippen molar-refractivity contribution >= 4 is 17.4 Å². The van der Waals surface area contributed by atoms with Crippen LogP contribution in [0.2, 0.25) is 0 Å². The first-order valence-corrected chi connectivity index (χ1v) is 7.99. The van der Waals surface area contributed by atoms with Gasteiger partial charge in [0.1, 0.15) is 0 Å². The molecule has 1 aromatic heterocycles. The van der Waals surface area contributed by atoms with E-state index in [0.29, 0.717) is 6.07 Å². The van der Waals surface area contributed by atoms with Crippen molar-refractivity contribution in [3.05, 3.63) is 72.3 Å². The van der Waals surface area contributed by atoms with Gasteiger partial charge in [-0.1, -0.05) is 6.07 Å². The number of benzene rings is 2. The minimum atomic E-state index is -4.65. The van der Waals surface area contributed by atoms with Crippen molar-refractivity contribution in [2.45, 2.75) is 12.4 Å². The summed E-state index contributed by atoms with van der Waals surface area (Å²) in [5.41, 5.74) is -2.17. The van der Waals surface area contributed by atoms with Gasteiger partial charge in [0.2, 0.25) is 0 Å². The maximum Gasteiger partial charge on any atom is 0.416 e. The molecule has 152 valence electrons. The van der Waals surface area contributed by atoms with Gasteiger partial charge in [-0.05, 0) is 36.4 Å². The number of halogens is 6. The summed E-state index contributed by atoms with van der Waals surface area (Å²) in [7, 11) is 0. The molecule has 0 saturated carbocycles. The van der Waals surface area contributed by atoms with E-state index in [9.17, 15) is 31.1 Å². The lowest BCUT2D eigenvalue weighted by Gasteiger charge is -2.16. The van der Waals surface area contributed by atoms with Gasteiger partial charge in [0, 0.05) is 18.1 Å².